The van der Waals surface area contributed by atoms with Crippen LogP contribution in [0.4, 0.5) is 5.69 Å². The summed E-state index contributed by atoms with van der Waals surface area (Å²) < 4.78 is 0. The molecule has 4 rings (SSSR count). The van der Waals surface area contributed by atoms with Gasteiger partial charge in [0.2, 0.25) is 11.8 Å². The first-order chi connectivity index (χ1) is 18.5. The number of carbonyl (C=O) groups excluding carboxylic acids is 3. The maximum absolute atomic E-state index is 13.0. The molecule has 0 radical (unpaired) electrons. The van der Waals surface area contributed by atoms with Gasteiger partial charge in [-0.15, -0.1) is 24.2 Å². The van der Waals surface area contributed by atoms with E-state index < -0.39 is 6.10 Å². The molecule has 0 fully saturated rings. The molecule has 3 aromatic carbocycles. The predicted molar refractivity (Wildman–Crippen MR) is 159 cm³/mol. The standard InChI is InChI=1S/C29H34N4O4S.ClH/c30-18-22(34)19-32-29(37)28-21(12-11-20-6-1-2-7-23(20)28)13-15-31-26(35)10-5-16-33-24-8-3-4-9-25(24)38-17-14-27(33)36;/h1-4,6-9,11-12,22,34H,5,10,13-19,30H2,(H,31,35)(H,32,37);1H. The number of nitrogens with zero attached hydrogens (tertiary/aromatic N) is 1. The third-order valence-electron chi connectivity index (χ3n) is 6.55. The number of anilines is 1. The predicted octanol–water partition coefficient (Wildman–Crippen LogP) is 3.28. The SMILES string of the molecule is Cl.NCC(O)CNC(=O)c1c(CCNC(=O)CCCN2C(=O)CCSc3ccccc32)ccc2ccccc12. The Hall–Kier alpha value is -3.11. The number of hydrogen-bond acceptors (Lipinski definition) is 6. The molecule has 0 aliphatic carbocycles. The van der Waals surface area contributed by atoms with Gasteiger partial charge in [0, 0.05) is 49.7 Å². The van der Waals surface area contributed by atoms with Crippen molar-refractivity contribution in [3.05, 3.63) is 71.8 Å². The highest BCUT2D eigenvalue weighted by Crippen LogP contribution is 2.34. The van der Waals surface area contributed by atoms with Gasteiger partial charge in [0.05, 0.1) is 17.4 Å². The lowest BCUT2D eigenvalue weighted by Crippen LogP contribution is -2.36. The number of thioether (sulfide) groups is 1. The Morgan fingerprint density at radius 3 is 2.64 bits per heavy atom. The van der Waals surface area contributed by atoms with E-state index in [4.69, 9.17) is 5.73 Å². The highest BCUT2D eigenvalue weighted by molar-refractivity contribution is 7.99. The van der Waals surface area contributed by atoms with E-state index in [1.165, 1.54) is 0 Å². The van der Waals surface area contributed by atoms with Gasteiger partial charge < -0.3 is 26.4 Å². The fourth-order valence-electron chi connectivity index (χ4n) is 4.56. The van der Waals surface area contributed by atoms with Crippen molar-refractivity contribution in [3.8, 4) is 0 Å². The number of carbonyl (C=O) groups is 3. The smallest absolute Gasteiger partial charge is 0.252 e. The highest BCUT2D eigenvalue weighted by Gasteiger charge is 2.22. The summed E-state index contributed by atoms with van der Waals surface area (Å²) in [7, 11) is 0. The highest BCUT2D eigenvalue weighted by atomic mass is 35.5. The summed E-state index contributed by atoms with van der Waals surface area (Å²) >= 11 is 1.69. The molecule has 39 heavy (non-hydrogen) atoms. The van der Waals surface area contributed by atoms with Crippen LogP contribution in [0.5, 0.6) is 0 Å². The van der Waals surface area contributed by atoms with E-state index in [0.29, 0.717) is 44.3 Å². The van der Waals surface area contributed by atoms with Gasteiger partial charge >= 0.3 is 0 Å². The molecule has 1 unspecified atom stereocenters. The van der Waals surface area contributed by atoms with E-state index in [1.54, 1.807) is 16.7 Å². The summed E-state index contributed by atoms with van der Waals surface area (Å²) in [4.78, 5) is 41.1. The maximum Gasteiger partial charge on any atom is 0.252 e. The van der Waals surface area contributed by atoms with Gasteiger partial charge in [0.1, 0.15) is 0 Å². The normalized spacial score (nSPS) is 13.7. The summed E-state index contributed by atoms with van der Waals surface area (Å²) in [6.07, 6.45) is 1.02. The van der Waals surface area contributed by atoms with E-state index in [0.717, 1.165) is 32.7 Å². The topological polar surface area (TPSA) is 125 Å². The van der Waals surface area contributed by atoms with Gasteiger partial charge in [-0.3, -0.25) is 14.4 Å². The summed E-state index contributed by atoms with van der Waals surface area (Å²) in [5, 5.41) is 17.2. The van der Waals surface area contributed by atoms with Gasteiger partial charge in [0.15, 0.2) is 0 Å². The number of rotatable bonds is 11. The Labute approximate surface area is 239 Å². The summed E-state index contributed by atoms with van der Waals surface area (Å²) in [6.45, 7) is 1.00. The van der Waals surface area contributed by atoms with Crippen LogP contribution in [-0.4, -0.2) is 60.9 Å². The minimum Gasteiger partial charge on any atom is -0.390 e. The lowest BCUT2D eigenvalue weighted by Gasteiger charge is -2.22. The van der Waals surface area contributed by atoms with Crippen molar-refractivity contribution < 1.29 is 19.5 Å². The van der Waals surface area contributed by atoms with E-state index in [-0.39, 0.29) is 43.2 Å². The number of nitrogens with two attached hydrogens (primary N) is 1. The molecule has 3 aromatic rings. The van der Waals surface area contributed by atoms with Crippen molar-refractivity contribution in [2.24, 2.45) is 5.73 Å². The lowest BCUT2D eigenvalue weighted by molar-refractivity contribution is -0.121. The molecule has 3 amide bonds. The monoisotopic (exact) mass is 570 g/mol. The Balaban J connectivity index is 0.00000420. The number of nitrogens with one attached hydrogen (secondary N) is 2. The number of benzene rings is 3. The maximum atomic E-state index is 13.0. The van der Waals surface area contributed by atoms with Crippen molar-refractivity contribution in [2.45, 2.75) is 36.7 Å². The van der Waals surface area contributed by atoms with Gasteiger partial charge in [-0.2, -0.15) is 0 Å². The van der Waals surface area contributed by atoms with Crippen LogP contribution in [0.3, 0.4) is 0 Å². The van der Waals surface area contributed by atoms with Crippen LogP contribution in [0.2, 0.25) is 0 Å². The molecule has 1 atom stereocenters. The van der Waals surface area contributed by atoms with Gasteiger partial charge in [-0.25, -0.2) is 0 Å². The van der Waals surface area contributed by atoms with Crippen LogP contribution in [0.25, 0.3) is 10.8 Å². The zero-order valence-electron chi connectivity index (χ0n) is 21.7. The second-order valence-electron chi connectivity index (χ2n) is 9.24. The number of halogens is 1. The van der Waals surface area contributed by atoms with Crippen molar-refractivity contribution in [3.63, 3.8) is 0 Å². The number of para-hydroxylation sites is 1. The molecule has 0 bridgehead atoms. The van der Waals surface area contributed by atoms with Crippen LogP contribution in [0.1, 0.15) is 35.2 Å². The molecule has 1 aliphatic heterocycles. The fraction of sp³-hybridized carbons (Fsp3) is 0.345. The van der Waals surface area contributed by atoms with Crippen LogP contribution in [-0.2, 0) is 16.0 Å². The Bertz CT molecular complexity index is 1310. The molecule has 1 heterocycles. The average Bonchev–Trinajstić information content (AvgIpc) is 3.09. The van der Waals surface area contributed by atoms with E-state index in [2.05, 4.69) is 10.6 Å². The third kappa shape index (κ3) is 7.95. The molecule has 0 aromatic heterocycles. The molecule has 10 heteroatoms. The minimum atomic E-state index is -0.812. The molecule has 208 valence electrons. The average molecular weight is 571 g/mol. The lowest BCUT2D eigenvalue weighted by atomic mass is 9.96. The first-order valence-electron chi connectivity index (χ1n) is 12.9. The van der Waals surface area contributed by atoms with Crippen molar-refractivity contribution in [2.75, 3.05) is 36.8 Å². The van der Waals surface area contributed by atoms with E-state index >= 15 is 0 Å². The Morgan fingerprint density at radius 2 is 1.82 bits per heavy atom. The Morgan fingerprint density at radius 1 is 1.05 bits per heavy atom. The second kappa shape index (κ2) is 14.9. The summed E-state index contributed by atoms with van der Waals surface area (Å²) in [5.74, 6) is 0.475. The van der Waals surface area contributed by atoms with Crippen molar-refractivity contribution in [1.82, 2.24) is 10.6 Å². The molecule has 0 saturated carbocycles. The summed E-state index contributed by atoms with van der Waals surface area (Å²) in [6, 6.07) is 19.4. The zero-order chi connectivity index (χ0) is 26.9. The van der Waals surface area contributed by atoms with Crippen LogP contribution in [0, 0.1) is 0 Å². The fourth-order valence-corrected chi connectivity index (χ4v) is 5.56. The molecule has 1 aliphatic rings. The Kier molecular flexibility index (Phi) is 11.6. The van der Waals surface area contributed by atoms with Crippen LogP contribution >= 0.6 is 24.2 Å². The van der Waals surface area contributed by atoms with Crippen LogP contribution in [0.15, 0.2) is 65.6 Å². The molecular weight excluding hydrogens is 536 g/mol. The summed E-state index contributed by atoms with van der Waals surface area (Å²) in [5.41, 5.74) is 7.73. The van der Waals surface area contributed by atoms with E-state index in [1.807, 2.05) is 60.7 Å². The number of hydrogen-bond donors (Lipinski definition) is 4. The second-order valence-corrected chi connectivity index (χ2v) is 10.4. The quantitative estimate of drug-likeness (QED) is 0.280. The van der Waals surface area contributed by atoms with Gasteiger partial charge in [-0.05, 0) is 41.3 Å². The number of aliphatic hydroxyl groups is 1. The van der Waals surface area contributed by atoms with Crippen molar-refractivity contribution in [1.29, 1.82) is 0 Å². The molecule has 0 saturated heterocycles. The minimum absolute atomic E-state index is 0. The number of fused-ring (bicyclic) bond motifs is 2. The van der Waals surface area contributed by atoms with Crippen molar-refractivity contribution >= 4 is 58.4 Å². The molecule has 8 nitrogen and oxygen atoms in total. The largest absolute Gasteiger partial charge is 0.390 e. The molecule has 5 N–H and O–H groups in total. The van der Waals surface area contributed by atoms with E-state index in [9.17, 15) is 19.5 Å². The van der Waals surface area contributed by atoms with Gasteiger partial charge in [0.25, 0.3) is 5.91 Å². The number of aliphatic hydroxyl groups excluding tert-OH is 1. The molecular formula is C29H35ClN4O4S. The zero-order valence-corrected chi connectivity index (χ0v) is 23.4. The number of amides is 3. The molecule has 0 spiro atoms. The third-order valence-corrected chi connectivity index (χ3v) is 7.61. The van der Waals surface area contributed by atoms with Crippen LogP contribution < -0.4 is 21.3 Å². The van der Waals surface area contributed by atoms with Gasteiger partial charge in [-0.1, -0.05) is 48.5 Å². The first kappa shape index (κ1) is 30.4. The first-order valence-corrected chi connectivity index (χ1v) is 13.9.